The fraction of sp³-hybridized carbons (Fsp3) is 0.438. The fourth-order valence-corrected chi connectivity index (χ4v) is 2.93. The summed E-state index contributed by atoms with van der Waals surface area (Å²) >= 11 is 0. The number of rotatable bonds is 2. The van der Waals surface area contributed by atoms with Gasteiger partial charge in [-0.2, -0.15) is 5.10 Å². The molecule has 2 aromatic rings. The van der Waals surface area contributed by atoms with E-state index in [-0.39, 0.29) is 0 Å². The third-order valence-corrected chi connectivity index (χ3v) is 3.93. The summed E-state index contributed by atoms with van der Waals surface area (Å²) in [7, 11) is 0. The molecule has 1 aliphatic carbocycles. The van der Waals surface area contributed by atoms with Gasteiger partial charge >= 0.3 is 0 Å². The molecule has 1 heterocycles. The quantitative estimate of drug-likeness (QED) is 0.768. The minimum atomic E-state index is 0.683. The van der Waals surface area contributed by atoms with Crippen LogP contribution in [-0.4, -0.2) is 9.78 Å². The van der Waals surface area contributed by atoms with E-state index in [2.05, 4.69) is 41.9 Å². The lowest BCUT2D eigenvalue weighted by Gasteiger charge is -2.19. The van der Waals surface area contributed by atoms with Gasteiger partial charge in [0.25, 0.3) is 0 Å². The standard InChI is InChI=1S/C16H20N2/c1-13-12-16(14-8-4-2-5-9-14)17-18(13)15-10-6-3-7-11-15/h3,6-7,10-12,14H,2,4-5,8-9H2,1H3. The maximum absolute atomic E-state index is 4.82. The van der Waals surface area contributed by atoms with E-state index in [1.54, 1.807) is 0 Å². The summed E-state index contributed by atoms with van der Waals surface area (Å²) in [6.45, 7) is 2.15. The van der Waals surface area contributed by atoms with Gasteiger partial charge in [-0.1, -0.05) is 37.5 Å². The average molecular weight is 240 g/mol. The fourth-order valence-electron chi connectivity index (χ4n) is 2.93. The zero-order valence-electron chi connectivity index (χ0n) is 11.0. The third kappa shape index (κ3) is 2.20. The minimum absolute atomic E-state index is 0.683. The molecule has 0 saturated heterocycles. The molecule has 0 bridgehead atoms. The van der Waals surface area contributed by atoms with Crippen molar-refractivity contribution in [2.24, 2.45) is 0 Å². The summed E-state index contributed by atoms with van der Waals surface area (Å²) in [5.74, 6) is 0.683. The van der Waals surface area contributed by atoms with Crippen LogP contribution < -0.4 is 0 Å². The van der Waals surface area contributed by atoms with Gasteiger partial charge in [-0.15, -0.1) is 0 Å². The monoisotopic (exact) mass is 240 g/mol. The van der Waals surface area contributed by atoms with Crippen molar-refractivity contribution in [3.8, 4) is 5.69 Å². The molecule has 0 atom stereocenters. The minimum Gasteiger partial charge on any atom is -0.238 e. The van der Waals surface area contributed by atoms with Crippen LogP contribution in [0.1, 0.15) is 49.4 Å². The molecule has 1 fully saturated rings. The third-order valence-electron chi connectivity index (χ3n) is 3.93. The van der Waals surface area contributed by atoms with Gasteiger partial charge in [-0.3, -0.25) is 0 Å². The van der Waals surface area contributed by atoms with E-state index in [9.17, 15) is 0 Å². The summed E-state index contributed by atoms with van der Waals surface area (Å²) in [5.41, 5.74) is 3.69. The number of nitrogens with zero attached hydrogens (tertiary/aromatic N) is 2. The smallest absolute Gasteiger partial charge is 0.0662 e. The molecule has 0 radical (unpaired) electrons. The van der Waals surface area contributed by atoms with E-state index in [1.807, 2.05) is 6.07 Å². The van der Waals surface area contributed by atoms with Gasteiger partial charge in [0.15, 0.2) is 0 Å². The number of aromatic nitrogens is 2. The summed E-state index contributed by atoms with van der Waals surface area (Å²) in [6.07, 6.45) is 6.75. The van der Waals surface area contributed by atoms with E-state index in [1.165, 1.54) is 43.5 Å². The van der Waals surface area contributed by atoms with Crippen LogP contribution in [0.5, 0.6) is 0 Å². The van der Waals surface area contributed by atoms with Gasteiger partial charge < -0.3 is 0 Å². The second kappa shape index (κ2) is 4.97. The Labute approximate surface area is 109 Å². The summed E-state index contributed by atoms with van der Waals surface area (Å²) in [5, 5.41) is 4.82. The molecule has 1 aromatic heterocycles. The van der Waals surface area contributed by atoms with Crippen LogP contribution in [0.4, 0.5) is 0 Å². The molecule has 0 N–H and O–H groups in total. The number of aryl methyl sites for hydroxylation is 1. The van der Waals surface area contributed by atoms with Gasteiger partial charge in [0, 0.05) is 11.6 Å². The van der Waals surface area contributed by atoms with Crippen LogP contribution in [0.25, 0.3) is 5.69 Å². The lowest BCUT2D eigenvalue weighted by atomic mass is 9.87. The predicted octanol–water partition coefficient (Wildman–Crippen LogP) is 4.23. The van der Waals surface area contributed by atoms with Crippen molar-refractivity contribution < 1.29 is 0 Å². The SMILES string of the molecule is Cc1cc(C2CCCCC2)nn1-c1ccccc1. The lowest BCUT2D eigenvalue weighted by molar-refractivity contribution is 0.435. The molecule has 1 aromatic carbocycles. The topological polar surface area (TPSA) is 17.8 Å². The van der Waals surface area contributed by atoms with E-state index in [0.29, 0.717) is 5.92 Å². The number of hydrogen-bond donors (Lipinski definition) is 0. The normalized spacial score (nSPS) is 16.9. The predicted molar refractivity (Wildman–Crippen MR) is 74.1 cm³/mol. The Morgan fingerprint density at radius 1 is 1.06 bits per heavy atom. The number of benzene rings is 1. The van der Waals surface area contributed by atoms with Crippen LogP contribution in [0.15, 0.2) is 36.4 Å². The Morgan fingerprint density at radius 3 is 2.50 bits per heavy atom. The molecule has 1 saturated carbocycles. The highest BCUT2D eigenvalue weighted by molar-refractivity contribution is 5.33. The van der Waals surface area contributed by atoms with Crippen molar-refractivity contribution >= 4 is 0 Å². The number of hydrogen-bond acceptors (Lipinski definition) is 1. The van der Waals surface area contributed by atoms with Crippen molar-refractivity contribution in [3.05, 3.63) is 47.8 Å². The highest BCUT2D eigenvalue weighted by Crippen LogP contribution is 2.32. The van der Waals surface area contributed by atoms with Crippen molar-refractivity contribution in [3.63, 3.8) is 0 Å². The Balaban J connectivity index is 1.91. The van der Waals surface area contributed by atoms with Gasteiger partial charge in [-0.05, 0) is 38.0 Å². The Morgan fingerprint density at radius 2 is 1.78 bits per heavy atom. The molecule has 2 heteroatoms. The first-order chi connectivity index (χ1) is 8.84. The first kappa shape index (κ1) is 11.5. The maximum atomic E-state index is 4.82. The van der Waals surface area contributed by atoms with E-state index in [4.69, 9.17) is 5.10 Å². The van der Waals surface area contributed by atoms with Gasteiger partial charge in [-0.25, -0.2) is 4.68 Å². The molecule has 94 valence electrons. The molecule has 2 nitrogen and oxygen atoms in total. The lowest BCUT2D eigenvalue weighted by Crippen LogP contribution is -2.06. The highest BCUT2D eigenvalue weighted by atomic mass is 15.3. The van der Waals surface area contributed by atoms with Crippen LogP contribution >= 0.6 is 0 Å². The Kier molecular flexibility index (Phi) is 3.18. The van der Waals surface area contributed by atoms with Gasteiger partial charge in [0.1, 0.15) is 0 Å². The van der Waals surface area contributed by atoms with Crippen LogP contribution in [0.3, 0.4) is 0 Å². The molecule has 0 aliphatic heterocycles. The van der Waals surface area contributed by atoms with Crippen molar-refractivity contribution in [1.29, 1.82) is 0 Å². The zero-order chi connectivity index (χ0) is 12.4. The Hall–Kier alpha value is -1.57. The molecule has 0 amide bonds. The van der Waals surface area contributed by atoms with Crippen molar-refractivity contribution in [1.82, 2.24) is 9.78 Å². The van der Waals surface area contributed by atoms with Gasteiger partial charge in [0.2, 0.25) is 0 Å². The molecule has 1 aliphatic rings. The van der Waals surface area contributed by atoms with Crippen molar-refractivity contribution in [2.45, 2.75) is 44.9 Å². The molecular weight excluding hydrogens is 220 g/mol. The zero-order valence-corrected chi connectivity index (χ0v) is 11.0. The molecular formula is C16H20N2. The summed E-state index contributed by atoms with van der Waals surface area (Å²) in [6, 6.07) is 12.7. The molecule has 0 unspecified atom stereocenters. The summed E-state index contributed by atoms with van der Waals surface area (Å²) in [4.78, 5) is 0. The molecule has 3 rings (SSSR count). The van der Waals surface area contributed by atoms with E-state index < -0.39 is 0 Å². The first-order valence-corrected chi connectivity index (χ1v) is 6.96. The van der Waals surface area contributed by atoms with Gasteiger partial charge in [0.05, 0.1) is 11.4 Å². The molecule has 18 heavy (non-hydrogen) atoms. The van der Waals surface area contributed by atoms with Crippen LogP contribution in [-0.2, 0) is 0 Å². The molecule has 0 spiro atoms. The largest absolute Gasteiger partial charge is 0.238 e. The number of para-hydroxylation sites is 1. The Bertz CT molecular complexity index is 507. The van der Waals surface area contributed by atoms with Crippen LogP contribution in [0, 0.1) is 6.92 Å². The average Bonchev–Trinajstić information content (AvgIpc) is 2.83. The van der Waals surface area contributed by atoms with E-state index in [0.717, 1.165) is 5.69 Å². The second-order valence-electron chi connectivity index (χ2n) is 5.29. The maximum Gasteiger partial charge on any atom is 0.0662 e. The van der Waals surface area contributed by atoms with E-state index >= 15 is 0 Å². The highest BCUT2D eigenvalue weighted by Gasteiger charge is 2.19. The van der Waals surface area contributed by atoms with Crippen molar-refractivity contribution in [2.75, 3.05) is 0 Å². The summed E-state index contributed by atoms with van der Waals surface area (Å²) < 4.78 is 2.07. The first-order valence-electron chi connectivity index (χ1n) is 6.96. The van der Waals surface area contributed by atoms with Crippen LogP contribution in [0.2, 0.25) is 0 Å². The second-order valence-corrected chi connectivity index (χ2v) is 5.29.